The summed E-state index contributed by atoms with van der Waals surface area (Å²) in [5, 5.41) is 0. The maximum absolute atomic E-state index is 9.45. The molecule has 1 aliphatic rings. The highest BCUT2D eigenvalue weighted by atomic mass is 32.3. The van der Waals surface area contributed by atoms with Gasteiger partial charge >= 0.3 is 0 Å². The lowest BCUT2D eigenvalue weighted by atomic mass is 10.0. The zero-order valence-corrected chi connectivity index (χ0v) is 29.3. The van der Waals surface area contributed by atoms with Gasteiger partial charge in [0.2, 0.25) is 10.4 Å². The molecule has 0 saturated carbocycles. The smallest absolute Gasteiger partial charge is 0.217 e. The SMILES string of the molecule is CCCCCCCCCCCC[N+]1(CC)CC[N+](CC)(CCCCCCCCCCCC)CC1.CCOS(=O)(=O)[O-]. The Morgan fingerprint density at radius 1 is 0.488 bits per heavy atom. The van der Waals surface area contributed by atoms with E-state index in [9.17, 15) is 13.0 Å². The van der Waals surface area contributed by atoms with E-state index >= 15 is 0 Å². The molecule has 0 amide bonds. The van der Waals surface area contributed by atoms with Crippen LogP contribution in [-0.2, 0) is 14.6 Å². The van der Waals surface area contributed by atoms with Crippen LogP contribution in [0.25, 0.3) is 0 Å². The van der Waals surface area contributed by atoms with E-state index in [2.05, 4.69) is 31.9 Å². The van der Waals surface area contributed by atoms with E-state index in [0.717, 1.165) is 0 Å². The molecule has 0 unspecified atom stereocenters. The van der Waals surface area contributed by atoms with Gasteiger partial charge in [0.05, 0.1) is 32.8 Å². The van der Waals surface area contributed by atoms with Crippen molar-refractivity contribution in [3.8, 4) is 0 Å². The molecule has 41 heavy (non-hydrogen) atoms. The van der Waals surface area contributed by atoms with Crippen LogP contribution in [0.2, 0.25) is 0 Å². The molecule has 248 valence electrons. The lowest BCUT2D eigenvalue weighted by Gasteiger charge is -2.49. The first-order valence-corrected chi connectivity index (χ1v) is 19.4. The van der Waals surface area contributed by atoms with Gasteiger partial charge in [-0.25, -0.2) is 8.42 Å². The molecule has 7 heteroatoms. The fraction of sp³-hybridized carbons (Fsp3) is 1.00. The molecule has 1 fully saturated rings. The lowest BCUT2D eigenvalue weighted by molar-refractivity contribution is -1.03. The van der Waals surface area contributed by atoms with E-state index in [1.807, 2.05) is 0 Å². The van der Waals surface area contributed by atoms with Crippen LogP contribution in [0.4, 0.5) is 0 Å². The second kappa shape index (κ2) is 26.2. The van der Waals surface area contributed by atoms with E-state index in [1.54, 1.807) is 0 Å². The lowest BCUT2D eigenvalue weighted by Crippen LogP contribution is -2.67. The quantitative estimate of drug-likeness (QED) is 0.0427. The van der Waals surface area contributed by atoms with Gasteiger partial charge in [-0.1, -0.05) is 117 Å². The number of hydrogen-bond acceptors (Lipinski definition) is 4. The summed E-state index contributed by atoms with van der Waals surface area (Å²) < 4.78 is 34.9. The topological polar surface area (TPSA) is 66.4 Å². The highest BCUT2D eigenvalue weighted by molar-refractivity contribution is 7.80. The molecule has 1 heterocycles. The number of likely N-dealkylation sites (N-methyl/N-ethyl adjacent to an activating group) is 2. The standard InChI is InChI=1S/C32H68N2.C2H6O4S/c1-5-9-11-13-15-17-19-21-23-25-27-33(7-3)29-31-34(8-4,32-30-33)28-26-24-22-20-18-16-14-12-10-6-2;1-2-6-7(3,4)5/h5-32H2,1-4H3;2H2,1H3,(H,3,4,5)/q+2;/p-1. The van der Waals surface area contributed by atoms with E-state index < -0.39 is 10.4 Å². The molecule has 1 saturated heterocycles. The van der Waals surface area contributed by atoms with Gasteiger partial charge in [0.25, 0.3) is 0 Å². The molecule has 1 aliphatic heterocycles. The van der Waals surface area contributed by atoms with Gasteiger partial charge in [0, 0.05) is 0 Å². The van der Waals surface area contributed by atoms with Crippen molar-refractivity contribution in [2.24, 2.45) is 0 Å². The van der Waals surface area contributed by atoms with Gasteiger partial charge in [-0.2, -0.15) is 0 Å². The van der Waals surface area contributed by atoms with Crippen LogP contribution in [0.1, 0.15) is 163 Å². The third-order valence-electron chi connectivity index (χ3n) is 9.67. The number of rotatable bonds is 26. The minimum Gasteiger partial charge on any atom is -0.726 e. The Bertz CT molecular complexity index is 624. The van der Waals surface area contributed by atoms with Crippen LogP contribution < -0.4 is 0 Å². The highest BCUT2D eigenvalue weighted by Crippen LogP contribution is 2.23. The first-order valence-electron chi connectivity index (χ1n) is 18.0. The van der Waals surface area contributed by atoms with Gasteiger partial charge in [-0.05, 0) is 46.5 Å². The van der Waals surface area contributed by atoms with Gasteiger partial charge in [-0.15, -0.1) is 0 Å². The Morgan fingerprint density at radius 3 is 0.951 bits per heavy atom. The van der Waals surface area contributed by atoms with Crippen molar-refractivity contribution >= 4 is 10.4 Å². The van der Waals surface area contributed by atoms with Crippen molar-refractivity contribution in [3.05, 3.63) is 0 Å². The average molecular weight is 606 g/mol. The predicted molar refractivity (Wildman–Crippen MR) is 176 cm³/mol. The molecule has 0 aliphatic carbocycles. The Kier molecular flexibility index (Phi) is 26.1. The summed E-state index contributed by atoms with van der Waals surface area (Å²) in [4.78, 5) is 0. The van der Waals surface area contributed by atoms with Gasteiger partial charge in [0.1, 0.15) is 26.2 Å². The van der Waals surface area contributed by atoms with Crippen molar-refractivity contribution < 1.29 is 26.1 Å². The molecule has 6 nitrogen and oxygen atoms in total. The minimum absolute atomic E-state index is 0.0914. The number of hydrogen-bond donors (Lipinski definition) is 0. The Balaban J connectivity index is 0.00000201. The maximum Gasteiger partial charge on any atom is 0.217 e. The molecule has 0 radical (unpaired) electrons. The first-order chi connectivity index (χ1) is 19.7. The molecule has 0 aromatic heterocycles. The van der Waals surface area contributed by atoms with Crippen molar-refractivity contribution in [2.45, 2.75) is 163 Å². The van der Waals surface area contributed by atoms with Crippen molar-refractivity contribution in [1.82, 2.24) is 0 Å². The highest BCUT2D eigenvalue weighted by Gasteiger charge is 2.39. The molecular weight excluding hydrogens is 532 g/mol. The number of nitrogens with zero attached hydrogens (tertiary/aromatic N) is 2. The summed E-state index contributed by atoms with van der Waals surface area (Å²) in [5.74, 6) is 0. The summed E-state index contributed by atoms with van der Waals surface area (Å²) in [6.07, 6.45) is 29.2. The first kappa shape index (κ1) is 40.8. The van der Waals surface area contributed by atoms with Crippen LogP contribution in [0, 0.1) is 0 Å². The van der Waals surface area contributed by atoms with Crippen molar-refractivity contribution in [3.63, 3.8) is 0 Å². The Hall–Kier alpha value is -0.210. The summed E-state index contributed by atoms with van der Waals surface area (Å²) >= 11 is 0. The van der Waals surface area contributed by atoms with Crippen LogP contribution >= 0.6 is 0 Å². The van der Waals surface area contributed by atoms with Crippen molar-refractivity contribution in [1.29, 1.82) is 0 Å². The fourth-order valence-corrected chi connectivity index (χ4v) is 6.77. The number of quaternary nitrogens is 2. The fourth-order valence-electron chi connectivity index (χ4n) is 6.48. The maximum atomic E-state index is 9.45. The minimum atomic E-state index is -4.42. The normalized spacial score (nSPS) is 21.0. The zero-order chi connectivity index (χ0) is 30.7. The van der Waals surface area contributed by atoms with Gasteiger partial charge in [-0.3, -0.25) is 4.18 Å². The molecule has 0 atom stereocenters. The molecule has 0 N–H and O–H groups in total. The second-order valence-electron chi connectivity index (χ2n) is 12.8. The molecule has 0 bridgehead atoms. The Labute approximate surface area is 258 Å². The molecule has 0 spiro atoms. The summed E-state index contributed by atoms with van der Waals surface area (Å²) in [7, 11) is -4.42. The summed E-state index contributed by atoms with van der Waals surface area (Å²) in [5.41, 5.74) is 0. The average Bonchev–Trinajstić information content (AvgIpc) is 2.95. The largest absolute Gasteiger partial charge is 0.726 e. The molecule has 0 aromatic carbocycles. The Morgan fingerprint density at radius 2 is 0.756 bits per heavy atom. The second-order valence-corrected chi connectivity index (χ2v) is 13.9. The number of unbranched alkanes of at least 4 members (excludes halogenated alkanes) is 18. The number of piperazine rings is 1. The molecule has 0 aromatic rings. The van der Waals surface area contributed by atoms with Crippen LogP contribution in [0.15, 0.2) is 0 Å². The third kappa shape index (κ3) is 22.9. The van der Waals surface area contributed by atoms with E-state index in [0.29, 0.717) is 0 Å². The van der Waals surface area contributed by atoms with Crippen LogP contribution in [0.5, 0.6) is 0 Å². The van der Waals surface area contributed by atoms with E-state index in [4.69, 9.17) is 0 Å². The van der Waals surface area contributed by atoms with Crippen LogP contribution in [-0.4, -0.2) is 80.9 Å². The molecule has 1 rings (SSSR count). The summed E-state index contributed by atoms with van der Waals surface area (Å²) in [6, 6.07) is 0. The van der Waals surface area contributed by atoms with Gasteiger partial charge in [0.15, 0.2) is 0 Å². The molecular formula is C34H73N2O4S+. The van der Waals surface area contributed by atoms with E-state index in [-0.39, 0.29) is 6.61 Å². The third-order valence-corrected chi connectivity index (χ3v) is 10.2. The van der Waals surface area contributed by atoms with Crippen LogP contribution in [0.3, 0.4) is 0 Å². The van der Waals surface area contributed by atoms with Gasteiger partial charge < -0.3 is 13.5 Å². The monoisotopic (exact) mass is 606 g/mol. The van der Waals surface area contributed by atoms with E-state index in [1.165, 1.54) is 197 Å². The predicted octanol–water partition coefficient (Wildman–Crippen LogP) is 9.00. The summed E-state index contributed by atoms with van der Waals surface area (Å²) in [6.45, 7) is 22.3. The zero-order valence-electron chi connectivity index (χ0n) is 28.4. The van der Waals surface area contributed by atoms with Crippen molar-refractivity contribution in [2.75, 3.05) is 59.0 Å².